The van der Waals surface area contributed by atoms with Crippen molar-refractivity contribution < 1.29 is 4.79 Å². The summed E-state index contributed by atoms with van der Waals surface area (Å²) in [6, 6.07) is 19.2. The maximum absolute atomic E-state index is 13.6. The van der Waals surface area contributed by atoms with Gasteiger partial charge in [0.15, 0.2) is 0 Å². The largest absolute Gasteiger partial charge is 0.375 e. The highest BCUT2D eigenvalue weighted by molar-refractivity contribution is 5.91. The molecule has 1 saturated heterocycles. The Bertz CT molecular complexity index is 1480. The molecule has 0 saturated carbocycles. The first-order valence-corrected chi connectivity index (χ1v) is 13.2. The predicted molar refractivity (Wildman–Crippen MR) is 155 cm³/mol. The van der Waals surface area contributed by atoms with Gasteiger partial charge < -0.3 is 20.4 Å². The summed E-state index contributed by atoms with van der Waals surface area (Å²) in [6.07, 6.45) is 6.08. The number of amides is 2. The van der Waals surface area contributed by atoms with Crippen molar-refractivity contribution in [3.63, 3.8) is 0 Å². The van der Waals surface area contributed by atoms with E-state index in [0.29, 0.717) is 44.1 Å². The maximum atomic E-state index is 13.6. The molecule has 39 heavy (non-hydrogen) atoms. The lowest BCUT2D eigenvalue weighted by Crippen LogP contribution is -2.50. The van der Waals surface area contributed by atoms with Crippen LogP contribution in [0.5, 0.6) is 0 Å². The Morgan fingerprint density at radius 1 is 0.923 bits per heavy atom. The van der Waals surface area contributed by atoms with Crippen LogP contribution in [-0.2, 0) is 13.0 Å². The van der Waals surface area contributed by atoms with Gasteiger partial charge in [0.2, 0.25) is 0 Å². The summed E-state index contributed by atoms with van der Waals surface area (Å²) in [4.78, 5) is 34.9. The number of anilines is 3. The number of pyridine rings is 1. The Morgan fingerprint density at radius 2 is 1.72 bits per heavy atom. The number of nitrogens with one attached hydrogen (secondary N) is 2. The molecule has 2 aromatic carbocycles. The average Bonchev–Trinajstić information content (AvgIpc) is 2.98. The van der Waals surface area contributed by atoms with E-state index in [4.69, 9.17) is 0 Å². The second-order valence-electron chi connectivity index (χ2n) is 9.54. The molecule has 9 nitrogen and oxygen atoms in total. The van der Waals surface area contributed by atoms with E-state index in [0.717, 1.165) is 34.5 Å². The number of rotatable bonds is 7. The second-order valence-corrected chi connectivity index (χ2v) is 9.54. The molecule has 200 valence electrons. The van der Waals surface area contributed by atoms with Gasteiger partial charge in [-0.25, -0.2) is 4.79 Å². The third-order valence-corrected chi connectivity index (χ3v) is 7.03. The number of nitrogens with zero attached hydrogens (tertiary/aromatic N) is 5. The molecule has 9 heteroatoms. The van der Waals surface area contributed by atoms with E-state index in [9.17, 15) is 9.59 Å². The molecule has 3 heterocycles. The average molecular weight is 524 g/mol. The molecule has 0 atom stereocenters. The van der Waals surface area contributed by atoms with Crippen molar-refractivity contribution in [3.05, 3.63) is 106 Å². The molecular weight excluding hydrogens is 490 g/mol. The van der Waals surface area contributed by atoms with Crippen LogP contribution in [0.4, 0.5) is 21.9 Å². The van der Waals surface area contributed by atoms with Crippen molar-refractivity contribution in [1.82, 2.24) is 19.7 Å². The molecule has 2 aromatic heterocycles. The molecule has 0 unspecified atom stereocenters. The molecule has 0 bridgehead atoms. The van der Waals surface area contributed by atoms with Gasteiger partial charge in [0.05, 0.1) is 17.6 Å². The number of piperazine rings is 1. The maximum Gasteiger partial charge on any atom is 0.321 e. The summed E-state index contributed by atoms with van der Waals surface area (Å²) in [5, 5.41) is 11.0. The standard InChI is InChI=1S/C30H33N7O2/c1-3-24-11-7-9-22(2)27(24)34-30(39)36-17-15-35(16-18-36)26-21-33-37(25-12-5-4-6-13-25)29(38)28(26)32-20-23-10-8-14-31-19-23/h4-14,19,21,32H,3,15-18,20H2,1-2H3,(H,34,39). The third kappa shape index (κ3) is 5.77. The van der Waals surface area contributed by atoms with Gasteiger partial charge in [0, 0.05) is 50.8 Å². The van der Waals surface area contributed by atoms with Gasteiger partial charge in [-0.3, -0.25) is 9.78 Å². The molecule has 0 aliphatic carbocycles. The highest BCUT2D eigenvalue weighted by Crippen LogP contribution is 2.25. The van der Waals surface area contributed by atoms with Crippen LogP contribution in [0, 0.1) is 6.92 Å². The number of hydrogen-bond acceptors (Lipinski definition) is 6. The number of aromatic nitrogens is 3. The Kier molecular flexibility index (Phi) is 7.86. The van der Waals surface area contributed by atoms with Gasteiger partial charge in [-0.1, -0.05) is 49.4 Å². The van der Waals surface area contributed by atoms with Crippen molar-refractivity contribution in [2.75, 3.05) is 41.7 Å². The lowest BCUT2D eigenvalue weighted by molar-refractivity contribution is 0.208. The van der Waals surface area contributed by atoms with E-state index in [1.54, 1.807) is 18.6 Å². The summed E-state index contributed by atoms with van der Waals surface area (Å²) in [7, 11) is 0. The van der Waals surface area contributed by atoms with E-state index in [1.165, 1.54) is 4.68 Å². The Morgan fingerprint density at radius 3 is 2.44 bits per heavy atom. The monoisotopic (exact) mass is 523 g/mol. The fourth-order valence-electron chi connectivity index (χ4n) is 4.84. The normalized spacial score (nSPS) is 13.3. The zero-order chi connectivity index (χ0) is 27.2. The molecule has 4 aromatic rings. The number of hydrogen-bond donors (Lipinski definition) is 2. The summed E-state index contributed by atoms with van der Waals surface area (Å²) in [5.74, 6) is 0. The number of benzene rings is 2. The number of aryl methyl sites for hydroxylation is 2. The third-order valence-electron chi connectivity index (χ3n) is 7.03. The van der Waals surface area contributed by atoms with Crippen molar-refractivity contribution in [2.45, 2.75) is 26.8 Å². The lowest BCUT2D eigenvalue weighted by atomic mass is 10.1. The van der Waals surface area contributed by atoms with Crippen molar-refractivity contribution >= 4 is 23.1 Å². The SMILES string of the molecule is CCc1cccc(C)c1NC(=O)N1CCN(c2cnn(-c3ccccc3)c(=O)c2NCc2cccnc2)CC1. The first-order valence-electron chi connectivity index (χ1n) is 13.2. The Labute approximate surface area is 228 Å². The van der Waals surface area contributed by atoms with Gasteiger partial charge in [-0.15, -0.1) is 0 Å². The molecule has 2 N–H and O–H groups in total. The number of para-hydroxylation sites is 2. The van der Waals surface area contributed by atoms with Gasteiger partial charge in [-0.2, -0.15) is 9.78 Å². The van der Waals surface area contributed by atoms with E-state index >= 15 is 0 Å². The van der Waals surface area contributed by atoms with Gasteiger partial charge in [-0.05, 0) is 48.2 Å². The summed E-state index contributed by atoms with van der Waals surface area (Å²) in [6.45, 7) is 6.78. The van der Waals surface area contributed by atoms with Crippen molar-refractivity contribution in [2.24, 2.45) is 0 Å². The molecule has 1 fully saturated rings. The highest BCUT2D eigenvalue weighted by atomic mass is 16.2. The molecule has 0 radical (unpaired) electrons. The van der Waals surface area contributed by atoms with E-state index < -0.39 is 0 Å². The topological polar surface area (TPSA) is 95.4 Å². The van der Waals surface area contributed by atoms with Crippen LogP contribution in [0.1, 0.15) is 23.6 Å². The quantitative estimate of drug-likeness (QED) is 0.371. The smallest absolute Gasteiger partial charge is 0.321 e. The predicted octanol–water partition coefficient (Wildman–Crippen LogP) is 4.46. The summed E-state index contributed by atoms with van der Waals surface area (Å²) in [5.41, 5.74) is 5.70. The van der Waals surface area contributed by atoms with Crippen molar-refractivity contribution in [1.29, 1.82) is 0 Å². The Hall–Kier alpha value is -4.66. The van der Waals surface area contributed by atoms with E-state index in [1.807, 2.05) is 72.5 Å². The van der Waals surface area contributed by atoms with E-state index in [-0.39, 0.29) is 11.6 Å². The van der Waals surface area contributed by atoms with Crippen LogP contribution in [0.2, 0.25) is 0 Å². The van der Waals surface area contributed by atoms with Gasteiger partial charge in [0.1, 0.15) is 5.69 Å². The van der Waals surface area contributed by atoms with Crippen LogP contribution in [0.25, 0.3) is 5.69 Å². The lowest BCUT2D eigenvalue weighted by Gasteiger charge is -2.36. The highest BCUT2D eigenvalue weighted by Gasteiger charge is 2.25. The fraction of sp³-hybridized carbons (Fsp3) is 0.267. The van der Waals surface area contributed by atoms with Gasteiger partial charge in [0.25, 0.3) is 5.56 Å². The minimum Gasteiger partial charge on any atom is -0.375 e. The van der Waals surface area contributed by atoms with Gasteiger partial charge >= 0.3 is 6.03 Å². The first kappa shape index (κ1) is 26.0. The van der Waals surface area contributed by atoms with Crippen LogP contribution < -0.4 is 21.1 Å². The molecule has 1 aliphatic heterocycles. The molecule has 1 aliphatic rings. The molecule has 0 spiro atoms. The zero-order valence-electron chi connectivity index (χ0n) is 22.3. The fourth-order valence-corrected chi connectivity index (χ4v) is 4.84. The van der Waals surface area contributed by atoms with Crippen molar-refractivity contribution in [3.8, 4) is 5.69 Å². The second kappa shape index (κ2) is 11.8. The summed E-state index contributed by atoms with van der Waals surface area (Å²) < 4.78 is 1.41. The molecule has 2 amide bonds. The number of carbonyl (C=O) groups excluding carboxylic acids is 1. The minimum atomic E-state index is -0.227. The summed E-state index contributed by atoms with van der Waals surface area (Å²) >= 11 is 0. The van der Waals surface area contributed by atoms with E-state index in [2.05, 4.69) is 32.5 Å². The first-order chi connectivity index (χ1) is 19.0. The van der Waals surface area contributed by atoms with Crippen LogP contribution >= 0.6 is 0 Å². The number of urea groups is 1. The Balaban J connectivity index is 1.35. The zero-order valence-corrected chi connectivity index (χ0v) is 22.3. The number of carbonyl (C=O) groups is 1. The molecule has 5 rings (SSSR count). The molecular formula is C30H33N7O2. The van der Waals surface area contributed by atoms with Crippen LogP contribution in [-0.4, -0.2) is 51.9 Å². The minimum absolute atomic E-state index is 0.105. The van der Waals surface area contributed by atoms with Crippen LogP contribution in [0.3, 0.4) is 0 Å². The van der Waals surface area contributed by atoms with Crippen LogP contribution in [0.15, 0.2) is 84.0 Å².